The van der Waals surface area contributed by atoms with Crippen molar-refractivity contribution in [3.8, 4) is 5.75 Å². The molecule has 1 aromatic heterocycles. The van der Waals surface area contributed by atoms with Crippen LogP contribution in [0.2, 0.25) is 0 Å². The number of aromatic nitrogens is 1. The lowest BCUT2D eigenvalue weighted by molar-refractivity contribution is -0.275. The number of methoxy groups -OCH3 is 1. The molecule has 0 aliphatic heterocycles. The van der Waals surface area contributed by atoms with Crippen LogP contribution < -0.4 is 4.74 Å². The van der Waals surface area contributed by atoms with Crippen LogP contribution >= 0.6 is 34.2 Å². The Morgan fingerprint density at radius 2 is 2.16 bits per heavy atom. The molecule has 0 saturated carbocycles. The first kappa shape index (κ1) is 16.3. The van der Waals surface area contributed by atoms with Gasteiger partial charge in [-0.05, 0) is 34.2 Å². The molecule has 0 bridgehead atoms. The molecule has 0 fully saturated rings. The number of ether oxygens (including phenoxy) is 2. The minimum absolute atomic E-state index is 0.0114. The quantitative estimate of drug-likeness (QED) is 0.332. The van der Waals surface area contributed by atoms with Crippen LogP contribution in [-0.4, -0.2) is 24.4 Å². The van der Waals surface area contributed by atoms with Gasteiger partial charge < -0.3 is 9.47 Å². The predicted octanol–water partition coefficient (Wildman–Crippen LogP) is 3.04. The Morgan fingerprint density at radius 1 is 1.53 bits per heavy atom. The molecule has 0 spiro atoms. The maximum atomic E-state index is 12.2. The number of hydrogen-bond acceptors (Lipinski definition) is 4. The first-order valence-electron chi connectivity index (χ1n) is 4.83. The monoisotopic (exact) mass is 409 g/mol. The number of carbonyl (C=O) groups is 1. The van der Waals surface area contributed by atoms with Gasteiger partial charge in [-0.3, -0.25) is 4.79 Å². The van der Waals surface area contributed by atoms with Crippen molar-refractivity contribution >= 4 is 40.2 Å². The number of esters is 1. The molecule has 106 valence electrons. The van der Waals surface area contributed by atoms with Crippen LogP contribution in [0.3, 0.4) is 0 Å². The molecule has 0 unspecified atom stereocenters. The molecule has 0 saturated heterocycles. The fourth-order valence-electron chi connectivity index (χ4n) is 1.22. The molecule has 4 nitrogen and oxygen atoms in total. The number of alkyl halides is 4. The van der Waals surface area contributed by atoms with Crippen molar-refractivity contribution in [3.63, 3.8) is 0 Å². The zero-order valence-electron chi connectivity index (χ0n) is 9.55. The summed E-state index contributed by atoms with van der Waals surface area (Å²) in [7, 11) is 1.20. The summed E-state index contributed by atoms with van der Waals surface area (Å²) >= 11 is 7.21. The van der Waals surface area contributed by atoms with Crippen LogP contribution in [0.5, 0.6) is 5.75 Å². The molecule has 1 aromatic rings. The molecule has 19 heavy (non-hydrogen) atoms. The highest BCUT2D eigenvalue weighted by atomic mass is 127. The summed E-state index contributed by atoms with van der Waals surface area (Å²) in [6.07, 6.45) is -4.98. The highest BCUT2D eigenvalue weighted by molar-refractivity contribution is 14.1. The maximum absolute atomic E-state index is 12.2. The standard InChI is InChI=1S/C10H8ClF3INO3/c1-18-8(17)3-6-5(4-11)2-7(9(15)16-6)19-10(12,13)14/h2H,3-4H2,1H3. The van der Waals surface area contributed by atoms with E-state index in [1.165, 1.54) is 7.11 Å². The third kappa shape index (κ3) is 5.01. The number of carbonyl (C=O) groups excluding carboxylic acids is 1. The Morgan fingerprint density at radius 3 is 2.63 bits per heavy atom. The van der Waals surface area contributed by atoms with E-state index in [2.05, 4.69) is 14.5 Å². The van der Waals surface area contributed by atoms with Crippen molar-refractivity contribution in [2.24, 2.45) is 0 Å². The first-order chi connectivity index (χ1) is 8.76. The van der Waals surface area contributed by atoms with Gasteiger partial charge in [0.2, 0.25) is 0 Å². The molecule has 0 aliphatic carbocycles. The molecule has 0 atom stereocenters. The van der Waals surface area contributed by atoms with Crippen LogP contribution in [0.25, 0.3) is 0 Å². The SMILES string of the molecule is COC(=O)Cc1nc(I)c(OC(F)(F)F)cc1CCl. The second-order valence-corrected chi connectivity index (χ2v) is 4.61. The number of halogens is 5. The third-order valence-electron chi connectivity index (χ3n) is 2.02. The second kappa shape index (κ2) is 6.60. The van der Waals surface area contributed by atoms with Crippen LogP contribution in [0.1, 0.15) is 11.3 Å². The minimum Gasteiger partial charge on any atom is -0.469 e. The van der Waals surface area contributed by atoms with Crippen molar-refractivity contribution in [1.82, 2.24) is 4.98 Å². The zero-order valence-corrected chi connectivity index (χ0v) is 12.5. The number of pyridine rings is 1. The molecule has 9 heteroatoms. The zero-order chi connectivity index (χ0) is 14.6. The van der Waals surface area contributed by atoms with Gasteiger partial charge in [0.15, 0.2) is 5.75 Å². The molecule has 0 aromatic carbocycles. The molecule has 0 radical (unpaired) electrons. The summed E-state index contributed by atoms with van der Waals surface area (Å²) < 4.78 is 44.8. The van der Waals surface area contributed by atoms with E-state index >= 15 is 0 Å². The van der Waals surface area contributed by atoms with E-state index < -0.39 is 18.1 Å². The summed E-state index contributed by atoms with van der Waals surface area (Å²) in [5.41, 5.74) is 0.549. The van der Waals surface area contributed by atoms with Crippen LogP contribution in [-0.2, 0) is 21.8 Å². The fraction of sp³-hybridized carbons (Fsp3) is 0.400. The summed E-state index contributed by atoms with van der Waals surface area (Å²) in [6.45, 7) is 0. The van der Waals surface area contributed by atoms with E-state index in [9.17, 15) is 18.0 Å². The molecule has 1 rings (SSSR count). The molecule has 0 amide bonds. The molecular formula is C10H8ClF3INO3. The number of hydrogen-bond donors (Lipinski definition) is 0. The normalized spacial score (nSPS) is 11.3. The molecule has 0 N–H and O–H groups in total. The van der Waals surface area contributed by atoms with Crippen LogP contribution in [0.15, 0.2) is 6.07 Å². The molecule has 1 heterocycles. The van der Waals surface area contributed by atoms with Gasteiger partial charge >= 0.3 is 12.3 Å². The van der Waals surface area contributed by atoms with Gasteiger partial charge in [-0.1, -0.05) is 0 Å². The van der Waals surface area contributed by atoms with Gasteiger partial charge in [-0.15, -0.1) is 24.8 Å². The predicted molar refractivity (Wildman–Crippen MR) is 68.9 cm³/mol. The van der Waals surface area contributed by atoms with Crippen molar-refractivity contribution in [2.45, 2.75) is 18.7 Å². The van der Waals surface area contributed by atoms with E-state index in [0.29, 0.717) is 0 Å². The van der Waals surface area contributed by atoms with Gasteiger partial charge in [-0.2, -0.15) is 0 Å². The lowest BCUT2D eigenvalue weighted by Crippen LogP contribution is -2.19. The van der Waals surface area contributed by atoms with Gasteiger partial charge in [0.1, 0.15) is 3.70 Å². The van der Waals surface area contributed by atoms with Gasteiger partial charge in [-0.25, -0.2) is 4.98 Å². The summed E-state index contributed by atoms with van der Waals surface area (Å²) in [4.78, 5) is 15.0. The minimum atomic E-state index is -4.81. The maximum Gasteiger partial charge on any atom is 0.573 e. The van der Waals surface area contributed by atoms with E-state index in [0.717, 1.165) is 6.07 Å². The highest BCUT2D eigenvalue weighted by Crippen LogP contribution is 2.29. The van der Waals surface area contributed by atoms with Crippen molar-refractivity contribution in [2.75, 3.05) is 7.11 Å². The first-order valence-corrected chi connectivity index (χ1v) is 6.45. The van der Waals surface area contributed by atoms with Gasteiger partial charge in [0.05, 0.1) is 19.2 Å². The average molecular weight is 410 g/mol. The largest absolute Gasteiger partial charge is 0.573 e. The number of rotatable bonds is 4. The number of nitrogens with zero attached hydrogens (tertiary/aromatic N) is 1. The van der Waals surface area contributed by atoms with E-state index in [-0.39, 0.29) is 27.3 Å². The van der Waals surface area contributed by atoms with Crippen LogP contribution in [0, 0.1) is 3.70 Å². The third-order valence-corrected chi connectivity index (χ3v) is 3.08. The Hall–Kier alpha value is -0.770. The lowest BCUT2D eigenvalue weighted by Gasteiger charge is -2.13. The van der Waals surface area contributed by atoms with Crippen LogP contribution in [0.4, 0.5) is 13.2 Å². The lowest BCUT2D eigenvalue weighted by atomic mass is 10.1. The molecular weight excluding hydrogens is 401 g/mol. The van der Waals surface area contributed by atoms with E-state index in [1.807, 2.05) is 0 Å². The second-order valence-electron chi connectivity index (χ2n) is 3.32. The molecule has 0 aliphatic rings. The average Bonchev–Trinajstić information content (AvgIpc) is 2.30. The Labute approximate surface area is 125 Å². The Bertz CT molecular complexity index is 482. The summed E-state index contributed by atoms with van der Waals surface area (Å²) in [5, 5.41) is 0. The van der Waals surface area contributed by atoms with Gasteiger partial charge in [0, 0.05) is 5.88 Å². The fourth-order valence-corrected chi connectivity index (χ4v) is 2.01. The smallest absolute Gasteiger partial charge is 0.469 e. The summed E-state index contributed by atoms with van der Waals surface area (Å²) in [5.74, 6) is -1.10. The Kier molecular flexibility index (Phi) is 5.65. The summed E-state index contributed by atoms with van der Waals surface area (Å²) in [6, 6.07) is 1.12. The topological polar surface area (TPSA) is 48.4 Å². The highest BCUT2D eigenvalue weighted by Gasteiger charge is 2.32. The Balaban J connectivity index is 3.10. The van der Waals surface area contributed by atoms with Crippen molar-refractivity contribution < 1.29 is 27.4 Å². The van der Waals surface area contributed by atoms with E-state index in [1.54, 1.807) is 22.6 Å². The van der Waals surface area contributed by atoms with E-state index in [4.69, 9.17) is 11.6 Å². The van der Waals surface area contributed by atoms with Gasteiger partial charge in [0.25, 0.3) is 0 Å². The van der Waals surface area contributed by atoms with Crippen molar-refractivity contribution in [1.29, 1.82) is 0 Å². The van der Waals surface area contributed by atoms with Crippen molar-refractivity contribution in [3.05, 3.63) is 21.0 Å².